The maximum atomic E-state index is 5.38. The van der Waals surface area contributed by atoms with E-state index < -0.39 is 0 Å². The summed E-state index contributed by atoms with van der Waals surface area (Å²) >= 11 is 2.25. The van der Waals surface area contributed by atoms with Crippen LogP contribution >= 0.6 is 22.6 Å². The molecule has 0 aliphatic rings. The summed E-state index contributed by atoms with van der Waals surface area (Å²) in [6, 6.07) is 8.95. The number of halogens is 1. The van der Waals surface area contributed by atoms with Crippen LogP contribution in [0.25, 0.3) is 0 Å². The summed E-state index contributed by atoms with van der Waals surface area (Å²) in [5.41, 5.74) is 6.46. The fourth-order valence-corrected chi connectivity index (χ4v) is 1.16. The predicted octanol–water partition coefficient (Wildman–Crippen LogP) is 1.55. The van der Waals surface area contributed by atoms with Gasteiger partial charge in [-0.3, -0.25) is 0 Å². The van der Waals surface area contributed by atoms with Crippen molar-refractivity contribution in [3.05, 3.63) is 33.4 Å². The van der Waals surface area contributed by atoms with E-state index in [4.69, 9.17) is 5.73 Å². The van der Waals surface area contributed by atoms with E-state index in [-0.39, 0.29) is 0 Å². The molecule has 2 heteroatoms. The minimum absolute atomic E-state index is 0.580. The van der Waals surface area contributed by atoms with Crippen molar-refractivity contribution in [1.29, 1.82) is 0 Å². The van der Waals surface area contributed by atoms with Gasteiger partial charge in [0.2, 0.25) is 0 Å². The summed E-state index contributed by atoms with van der Waals surface area (Å²) in [5.74, 6) is 0. The first-order valence-corrected chi connectivity index (χ1v) is 3.77. The minimum Gasteiger partial charge on any atom is -0.326 e. The Morgan fingerprint density at radius 2 is 2.44 bits per heavy atom. The van der Waals surface area contributed by atoms with Crippen molar-refractivity contribution in [3.8, 4) is 0 Å². The summed E-state index contributed by atoms with van der Waals surface area (Å²) in [7, 11) is 0. The Labute approximate surface area is 68.4 Å². The second kappa shape index (κ2) is 3.17. The summed E-state index contributed by atoms with van der Waals surface area (Å²) in [6.07, 6.45) is 0. The van der Waals surface area contributed by atoms with Crippen molar-refractivity contribution < 1.29 is 0 Å². The van der Waals surface area contributed by atoms with Gasteiger partial charge >= 0.3 is 0 Å². The van der Waals surface area contributed by atoms with Gasteiger partial charge < -0.3 is 5.73 Å². The number of rotatable bonds is 1. The normalized spacial score (nSPS) is 9.56. The van der Waals surface area contributed by atoms with Crippen LogP contribution in [0.3, 0.4) is 0 Å². The van der Waals surface area contributed by atoms with Crippen LogP contribution in [0.5, 0.6) is 0 Å². The first-order chi connectivity index (χ1) is 4.33. The standard InChI is InChI=1S/C7H7IN/c8-7-3-1-2-6(4-7)5-9/h1,3-4H,5,9H2. The minimum atomic E-state index is 0.580. The highest BCUT2D eigenvalue weighted by molar-refractivity contribution is 14.1. The molecule has 0 amide bonds. The molecule has 2 N–H and O–H groups in total. The third kappa shape index (κ3) is 1.95. The molecular formula is C7H7IN. The van der Waals surface area contributed by atoms with Crippen LogP contribution in [0.1, 0.15) is 5.56 Å². The van der Waals surface area contributed by atoms with Gasteiger partial charge in [0.05, 0.1) is 0 Å². The van der Waals surface area contributed by atoms with E-state index in [1.54, 1.807) is 0 Å². The van der Waals surface area contributed by atoms with Crippen molar-refractivity contribution in [2.75, 3.05) is 0 Å². The molecule has 1 aromatic carbocycles. The Morgan fingerprint density at radius 3 is 2.89 bits per heavy atom. The molecule has 0 atom stereocenters. The molecule has 0 aliphatic carbocycles. The Morgan fingerprint density at radius 1 is 1.67 bits per heavy atom. The molecule has 0 aliphatic heterocycles. The summed E-state index contributed by atoms with van der Waals surface area (Å²) in [6.45, 7) is 0.580. The average Bonchev–Trinajstić information content (AvgIpc) is 1.88. The molecule has 0 saturated heterocycles. The number of hydrogen-bond acceptors (Lipinski definition) is 1. The van der Waals surface area contributed by atoms with Crippen LogP contribution < -0.4 is 5.73 Å². The topological polar surface area (TPSA) is 26.0 Å². The Balaban J connectivity index is 2.94. The van der Waals surface area contributed by atoms with Gasteiger partial charge in [-0.25, -0.2) is 0 Å². The Bertz CT molecular complexity index is 198. The van der Waals surface area contributed by atoms with Gasteiger partial charge in [-0.2, -0.15) is 0 Å². The van der Waals surface area contributed by atoms with Gasteiger partial charge in [0, 0.05) is 10.1 Å². The van der Waals surface area contributed by atoms with Gasteiger partial charge in [0.15, 0.2) is 0 Å². The number of hydrogen-bond donors (Lipinski definition) is 1. The Kier molecular flexibility index (Phi) is 2.48. The number of benzene rings is 1. The van der Waals surface area contributed by atoms with E-state index in [9.17, 15) is 0 Å². The molecule has 47 valence electrons. The fraction of sp³-hybridized carbons (Fsp3) is 0.143. The molecule has 0 bridgehead atoms. The summed E-state index contributed by atoms with van der Waals surface area (Å²) in [4.78, 5) is 0. The van der Waals surface area contributed by atoms with Gasteiger partial charge in [-0.05, 0) is 46.4 Å². The maximum Gasteiger partial charge on any atom is 0.0184 e. The molecule has 1 aromatic rings. The summed E-state index contributed by atoms with van der Waals surface area (Å²) < 4.78 is 1.21. The van der Waals surface area contributed by atoms with E-state index in [0.717, 1.165) is 5.56 Å². The molecule has 1 radical (unpaired) electrons. The first kappa shape index (κ1) is 7.02. The van der Waals surface area contributed by atoms with E-state index in [1.165, 1.54) is 3.57 Å². The van der Waals surface area contributed by atoms with Crippen molar-refractivity contribution >= 4 is 22.6 Å². The van der Waals surface area contributed by atoms with Crippen molar-refractivity contribution in [2.24, 2.45) is 5.73 Å². The zero-order valence-electron chi connectivity index (χ0n) is 4.89. The van der Waals surface area contributed by atoms with Crippen molar-refractivity contribution in [1.82, 2.24) is 0 Å². The molecule has 1 rings (SSSR count). The molecule has 0 fully saturated rings. The van der Waals surface area contributed by atoms with Gasteiger partial charge in [0.25, 0.3) is 0 Å². The van der Waals surface area contributed by atoms with E-state index >= 15 is 0 Å². The fourth-order valence-electron chi connectivity index (χ4n) is 0.602. The maximum absolute atomic E-state index is 5.38. The zero-order chi connectivity index (χ0) is 6.69. The average molecular weight is 232 g/mol. The van der Waals surface area contributed by atoms with E-state index in [2.05, 4.69) is 28.7 Å². The predicted molar refractivity (Wildman–Crippen MR) is 45.9 cm³/mol. The van der Waals surface area contributed by atoms with Crippen LogP contribution in [0.2, 0.25) is 0 Å². The second-order valence-corrected chi connectivity index (χ2v) is 2.98. The van der Waals surface area contributed by atoms with Crippen molar-refractivity contribution in [3.63, 3.8) is 0 Å². The van der Waals surface area contributed by atoms with E-state index in [1.807, 2.05) is 18.2 Å². The van der Waals surface area contributed by atoms with E-state index in [0.29, 0.717) is 6.54 Å². The molecule has 0 saturated carbocycles. The molecule has 0 aromatic heterocycles. The first-order valence-electron chi connectivity index (χ1n) is 2.69. The van der Waals surface area contributed by atoms with Gasteiger partial charge in [0.1, 0.15) is 0 Å². The second-order valence-electron chi connectivity index (χ2n) is 1.74. The van der Waals surface area contributed by atoms with Gasteiger partial charge in [-0.1, -0.05) is 6.07 Å². The lowest BCUT2D eigenvalue weighted by Crippen LogP contribution is -1.95. The third-order valence-corrected chi connectivity index (χ3v) is 1.71. The SMILES string of the molecule is NCc1[c]ccc(I)c1. The van der Waals surface area contributed by atoms with Crippen molar-refractivity contribution in [2.45, 2.75) is 6.54 Å². The molecular weight excluding hydrogens is 225 g/mol. The third-order valence-electron chi connectivity index (χ3n) is 1.04. The van der Waals surface area contributed by atoms with Crippen LogP contribution in [-0.4, -0.2) is 0 Å². The monoisotopic (exact) mass is 232 g/mol. The highest BCUT2D eigenvalue weighted by Gasteiger charge is 1.87. The summed E-state index contributed by atoms with van der Waals surface area (Å²) in [5, 5.41) is 0. The highest BCUT2D eigenvalue weighted by atomic mass is 127. The van der Waals surface area contributed by atoms with Gasteiger partial charge in [-0.15, -0.1) is 0 Å². The lowest BCUT2D eigenvalue weighted by molar-refractivity contribution is 1.07. The van der Waals surface area contributed by atoms with Crippen LogP contribution in [-0.2, 0) is 6.54 Å². The number of nitrogens with two attached hydrogens (primary N) is 1. The quantitative estimate of drug-likeness (QED) is 0.730. The largest absolute Gasteiger partial charge is 0.326 e. The molecule has 0 spiro atoms. The van der Waals surface area contributed by atoms with Crippen LogP contribution in [0.4, 0.5) is 0 Å². The molecule has 0 heterocycles. The highest BCUT2D eigenvalue weighted by Crippen LogP contribution is 2.05. The lowest BCUT2D eigenvalue weighted by Gasteiger charge is -1.93. The lowest BCUT2D eigenvalue weighted by atomic mass is 10.2. The smallest absolute Gasteiger partial charge is 0.0184 e. The van der Waals surface area contributed by atoms with Crippen LogP contribution in [0, 0.1) is 9.64 Å². The Hall–Kier alpha value is -0.0900. The molecule has 0 unspecified atom stereocenters. The molecule has 9 heavy (non-hydrogen) atoms. The van der Waals surface area contributed by atoms with Crippen LogP contribution in [0.15, 0.2) is 18.2 Å². The molecule has 1 nitrogen and oxygen atoms in total. The zero-order valence-corrected chi connectivity index (χ0v) is 7.05.